The number of carbonyl (C=O) groups is 3. The highest BCUT2D eigenvalue weighted by Crippen LogP contribution is 2.46. The summed E-state index contributed by atoms with van der Waals surface area (Å²) >= 11 is 0. The SMILES string of the molecule is COC(=O)CCCS(=O)(=O)N1C(=O)N(c2cccc(C(F)(F)F)c2)C2=C(C(=O)CC2)C1c1ccc(C#N)cc1. The summed E-state index contributed by atoms with van der Waals surface area (Å²) in [6.07, 6.45) is -5.26. The highest BCUT2D eigenvalue weighted by Gasteiger charge is 2.50. The van der Waals surface area contributed by atoms with E-state index in [9.17, 15) is 36.0 Å². The molecule has 4 rings (SSSR count). The summed E-state index contributed by atoms with van der Waals surface area (Å²) in [6, 6.07) is 8.86. The van der Waals surface area contributed by atoms with Gasteiger partial charge in [-0.25, -0.2) is 17.5 Å². The molecule has 1 aliphatic carbocycles. The molecule has 0 saturated carbocycles. The largest absolute Gasteiger partial charge is 0.469 e. The summed E-state index contributed by atoms with van der Waals surface area (Å²) in [7, 11) is -3.39. The van der Waals surface area contributed by atoms with E-state index in [2.05, 4.69) is 4.74 Å². The molecule has 1 unspecified atom stereocenters. The van der Waals surface area contributed by atoms with Gasteiger partial charge in [0, 0.05) is 24.1 Å². The monoisotopic (exact) mass is 561 g/mol. The number of anilines is 1. The van der Waals surface area contributed by atoms with Crippen LogP contribution in [-0.2, 0) is 30.5 Å². The first kappa shape index (κ1) is 27.8. The normalized spacial score (nSPS) is 17.8. The van der Waals surface area contributed by atoms with Gasteiger partial charge in [-0.3, -0.25) is 14.5 Å². The zero-order chi connectivity index (χ0) is 28.5. The van der Waals surface area contributed by atoms with Crippen LogP contribution in [-0.4, -0.2) is 43.4 Å². The van der Waals surface area contributed by atoms with Gasteiger partial charge in [-0.1, -0.05) is 18.2 Å². The third-order valence-electron chi connectivity index (χ3n) is 6.46. The van der Waals surface area contributed by atoms with Crippen LogP contribution < -0.4 is 4.90 Å². The molecule has 0 N–H and O–H groups in total. The van der Waals surface area contributed by atoms with E-state index in [1.807, 2.05) is 6.07 Å². The van der Waals surface area contributed by atoms with Crippen molar-refractivity contribution in [2.45, 2.75) is 37.9 Å². The lowest BCUT2D eigenvalue weighted by Gasteiger charge is -2.41. The lowest BCUT2D eigenvalue weighted by molar-refractivity contribution is -0.140. The van der Waals surface area contributed by atoms with Gasteiger partial charge >= 0.3 is 18.2 Å². The van der Waals surface area contributed by atoms with E-state index in [1.54, 1.807) is 0 Å². The van der Waals surface area contributed by atoms with E-state index >= 15 is 0 Å². The number of Topliss-reactive ketones (excluding diaryl/α,β-unsaturated/α-hetero) is 1. The number of esters is 1. The van der Waals surface area contributed by atoms with Gasteiger partial charge in [0.25, 0.3) is 0 Å². The number of sulfonamides is 1. The van der Waals surface area contributed by atoms with E-state index < -0.39 is 51.3 Å². The van der Waals surface area contributed by atoms with Crippen LogP contribution in [0.3, 0.4) is 0 Å². The third kappa shape index (κ3) is 5.37. The molecule has 2 aromatic rings. The fraction of sp³-hybridized carbons (Fsp3) is 0.308. The topological polar surface area (TPSA) is 125 Å². The molecule has 0 fully saturated rings. The van der Waals surface area contributed by atoms with E-state index in [1.165, 1.54) is 30.3 Å². The van der Waals surface area contributed by atoms with Crippen molar-refractivity contribution in [1.82, 2.24) is 4.31 Å². The number of ether oxygens (including phenoxy) is 1. The third-order valence-corrected chi connectivity index (χ3v) is 8.23. The van der Waals surface area contributed by atoms with Crippen molar-refractivity contribution in [3.05, 3.63) is 76.5 Å². The van der Waals surface area contributed by atoms with Crippen molar-refractivity contribution < 1.29 is 40.7 Å². The summed E-state index contributed by atoms with van der Waals surface area (Å²) in [5, 5.41) is 9.16. The summed E-state index contributed by atoms with van der Waals surface area (Å²) in [5.74, 6) is -1.80. The Morgan fingerprint density at radius 2 is 1.82 bits per heavy atom. The minimum Gasteiger partial charge on any atom is -0.469 e. The molecule has 204 valence electrons. The Hall–Kier alpha value is -4.18. The first-order chi connectivity index (χ1) is 18.4. The molecule has 1 heterocycles. The lowest BCUT2D eigenvalue weighted by Crippen LogP contribution is -2.53. The van der Waals surface area contributed by atoms with Gasteiger partial charge in [-0.15, -0.1) is 0 Å². The number of amides is 2. The maximum Gasteiger partial charge on any atom is 0.416 e. The van der Waals surface area contributed by atoms with Gasteiger partial charge in [0.1, 0.15) is 6.04 Å². The molecule has 39 heavy (non-hydrogen) atoms. The molecule has 0 radical (unpaired) electrons. The maximum absolute atomic E-state index is 13.9. The molecular formula is C26H22F3N3O6S. The first-order valence-electron chi connectivity index (χ1n) is 11.8. The van der Waals surface area contributed by atoms with E-state index in [0.717, 1.165) is 30.2 Å². The predicted octanol–water partition coefficient (Wildman–Crippen LogP) is 4.46. The molecule has 1 atom stereocenters. The van der Waals surface area contributed by atoms with Crippen molar-refractivity contribution in [3.8, 4) is 6.07 Å². The van der Waals surface area contributed by atoms with Crippen LogP contribution in [0.5, 0.6) is 0 Å². The average Bonchev–Trinajstić information content (AvgIpc) is 3.27. The Morgan fingerprint density at radius 1 is 1.13 bits per heavy atom. The Morgan fingerprint density at radius 3 is 2.44 bits per heavy atom. The fourth-order valence-corrected chi connectivity index (χ4v) is 6.23. The molecule has 1 aliphatic heterocycles. The van der Waals surface area contributed by atoms with Crippen LogP contribution in [0.25, 0.3) is 0 Å². The minimum absolute atomic E-state index is 0.0131. The summed E-state index contributed by atoms with van der Waals surface area (Å²) in [5.41, 5.74) is -0.741. The molecule has 2 aromatic carbocycles. The van der Waals surface area contributed by atoms with Gasteiger partial charge in [-0.05, 0) is 48.7 Å². The Balaban J connectivity index is 1.90. The number of hydrogen-bond donors (Lipinski definition) is 0. The number of halogens is 3. The maximum atomic E-state index is 13.9. The number of nitriles is 1. The second kappa shape index (κ2) is 10.5. The number of benzene rings is 2. The highest BCUT2D eigenvalue weighted by atomic mass is 32.2. The number of rotatable bonds is 7. The van der Waals surface area contributed by atoms with Crippen LogP contribution >= 0.6 is 0 Å². The minimum atomic E-state index is -4.73. The molecule has 0 aromatic heterocycles. The van der Waals surface area contributed by atoms with Gasteiger partial charge in [-0.2, -0.15) is 18.4 Å². The van der Waals surface area contributed by atoms with Crippen LogP contribution in [0.1, 0.15) is 48.4 Å². The summed E-state index contributed by atoms with van der Waals surface area (Å²) < 4.78 is 72.7. The van der Waals surface area contributed by atoms with Gasteiger partial charge in [0.2, 0.25) is 10.0 Å². The molecule has 0 saturated heterocycles. The lowest BCUT2D eigenvalue weighted by atomic mass is 9.94. The van der Waals surface area contributed by atoms with Crippen LogP contribution in [0.15, 0.2) is 59.8 Å². The van der Waals surface area contributed by atoms with E-state index in [-0.39, 0.29) is 53.8 Å². The van der Waals surface area contributed by atoms with Gasteiger partial charge in [0.15, 0.2) is 5.78 Å². The summed E-state index contributed by atoms with van der Waals surface area (Å²) in [4.78, 5) is 39.5. The average molecular weight is 562 g/mol. The number of hydrogen-bond acceptors (Lipinski definition) is 7. The number of urea groups is 1. The predicted molar refractivity (Wildman–Crippen MR) is 131 cm³/mol. The second-order valence-corrected chi connectivity index (χ2v) is 10.8. The first-order valence-corrected chi connectivity index (χ1v) is 13.4. The van der Waals surface area contributed by atoms with E-state index in [4.69, 9.17) is 5.26 Å². The van der Waals surface area contributed by atoms with Crippen LogP contribution in [0.4, 0.5) is 23.7 Å². The Kier molecular flexibility index (Phi) is 7.52. The van der Waals surface area contributed by atoms with Crippen molar-refractivity contribution in [1.29, 1.82) is 5.26 Å². The second-order valence-electron chi connectivity index (χ2n) is 8.88. The highest BCUT2D eigenvalue weighted by molar-refractivity contribution is 7.89. The fourth-order valence-electron chi connectivity index (χ4n) is 4.65. The number of nitrogens with zero attached hydrogens (tertiary/aromatic N) is 3. The Bertz CT molecular complexity index is 1510. The molecule has 2 aliphatic rings. The van der Waals surface area contributed by atoms with Crippen LogP contribution in [0, 0.1) is 11.3 Å². The smallest absolute Gasteiger partial charge is 0.416 e. The molecule has 2 amide bonds. The van der Waals surface area contributed by atoms with Crippen molar-refractivity contribution >= 4 is 33.5 Å². The van der Waals surface area contributed by atoms with Crippen molar-refractivity contribution in [2.24, 2.45) is 0 Å². The quantitative estimate of drug-likeness (QED) is 0.457. The molecule has 9 nitrogen and oxygen atoms in total. The van der Waals surface area contributed by atoms with Crippen molar-refractivity contribution in [3.63, 3.8) is 0 Å². The molecule has 0 bridgehead atoms. The van der Waals surface area contributed by atoms with Crippen LogP contribution in [0.2, 0.25) is 0 Å². The molecule has 0 spiro atoms. The van der Waals surface area contributed by atoms with E-state index in [0.29, 0.717) is 4.31 Å². The Labute approximate surface area is 222 Å². The number of carbonyl (C=O) groups excluding carboxylic acids is 3. The summed E-state index contributed by atoms with van der Waals surface area (Å²) in [6.45, 7) is 0. The number of methoxy groups -OCH3 is 1. The number of ketones is 1. The van der Waals surface area contributed by atoms with Gasteiger partial charge < -0.3 is 4.74 Å². The standard InChI is InChI=1S/C26H22F3N3O6S/c1-38-22(34)6-3-13-39(36,37)32-24(17-9-7-16(15-30)8-10-17)23-20(11-12-21(23)33)31(25(32)35)19-5-2-4-18(14-19)26(27,28)29/h2,4-5,7-10,14,24H,3,6,11-13H2,1H3. The zero-order valence-corrected chi connectivity index (χ0v) is 21.4. The molecule has 13 heteroatoms. The van der Waals surface area contributed by atoms with Crippen molar-refractivity contribution in [2.75, 3.05) is 17.8 Å². The zero-order valence-electron chi connectivity index (χ0n) is 20.6. The molecular weight excluding hydrogens is 539 g/mol. The number of allylic oxidation sites excluding steroid dienone is 1. The number of alkyl halides is 3. The van der Waals surface area contributed by atoms with Gasteiger partial charge in [0.05, 0.1) is 35.7 Å².